The maximum Gasteiger partial charge on any atom is 0.0946 e. The second-order valence-corrected chi connectivity index (χ2v) is 14.7. The molecule has 0 aromatic rings. The average Bonchev–Trinajstić information content (AvgIpc) is 3.09. The van der Waals surface area contributed by atoms with Crippen LogP contribution in [-0.4, -0.2) is 24.4 Å². The van der Waals surface area contributed by atoms with Crippen LogP contribution in [0.3, 0.4) is 0 Å². The van der Waals surface area contributed by atoms with Gasteiger partial charge in [0.25, 0.3) is 0 Å². The summed E-state index contributed by atoms with van der Waals surface area (Å²) in [6.45, 7) is 19.1. The molecule has 0 aromatic heterocycles. The third kappa shape index (κ3) is 3.78. The van der Waals surface area contributed by atoms with Gasteiger partial charge in [-0.05, 0) is 117 Å². The fourth-order valence-corrected chi connectivity index (χ4v) is 10.7. The molecule has 2 unspecified atom stereocenters. The highest BCUT2D eigenvalue weighted by atomic mass is 16.6. The Kier molecular flexibility index (Phi) is 6.34. The molecule has 1 heterocycles. The number of hydrogen-bond donors (Lipinski definition) is 0. The van der Waals surface area contributed by atoms with Crippen molar-refractivity contribution in [3.8, 4) is 0 Å². The molecular formula is C31H54O2. The van der Waals surface area contributed by atoms with Crippen molar-refractivity contribution in [2.45, 2.75) is 130 Å². The van der Waals surface area contributed by atoms with Crippen LogP contribution in [-0.2, 0) is 9.47 Å². The standard InChI is InChI=1S/C31H54O2/c1-21(2)9-8-10-22(3)25-13-14-26-24-12-11-23-19-30(6)31(7,33-18-17-32-30)20-29(23,5)27(24)15-16-28(25,26)4/h21-27H,8-20H2,1-7H3/t22-,23+,24?,25-,26+,27?,28-,29+,30-,31-/m1/s1. The van der Waals surface area contributed by atoms with Gasteiger partial charge in [0.1, 0.15) is 0 Å². The van der Waals surface area contributed by atoms with Gasteiger partial charge >= 0.3 is 0 Å². The summed E-state index contributed by atoms with van der Waals surface area (Å²) in [5.41, 5.74) is 0.830. The van der Waals surface area contributed by atoms with E-state index in [0.29, 0.717) is 10.8 Å². The van der Waals surface area contributed by atoms with Gasteiger partial charge < -0.3 is 9.47 Å². The van der Waals surface area contributed by atoms with Crippen molar-refractivity contribution in [3.63, 3.8) is 0 Å². The fraction of sp³-hybridized carbons (Fsp3) is 1.00. The second kappa shape index (κ2) is 8.50. The number of fused-ring (bicyclic) bond motifs is 6. The van der Waals surface area contributed by atoms with Gasteiger partial charge in [0, 0.05) is 0 Å². The van der Waals surface area contributed by atoms with Crippen LogP contribution in [0.5, 0.6) is 0 Å². The lowest BCUT2D eigenvalue weighted by Crippen LogP contribution is -2.67. The molecule has 0 aromatic carbocycles. The zero-order valence-electron chi connectivity index (χ0n) is 23.1. The van der Waals surface area contributed by atoms with Gasteiger partial charge in [-0.1, -0.05) is 53.9 Å². The Labute approximate surface area is 205 Å². The highest BCUT2D eigenvalue weighted by Gasteiger charge is 2.66. The molecule has 0 N–H and O–H groups in total. The normalized spacial score (nSPS) is 52.5. The highest BCUT2D eigenvalue weighted by Crippen LogP contribution is 2.70. The van der Waals surface area contributed by atoms with E-state index in [2.05, 4.69) is 48.5 Å². The highest BCUT2D eigenvalue weighted by molar-refractivity contribution is 5.16. The van der Waals surface area contributed by atoms with E-state index in [-0.39, 0.29) is 11.2 Å². The molecule has 0 radical (unpaired) electrons. The number of ether oxygens (including phenoxy) is 2. The van der Waals surface area contributed by atoms with Gasteiger partial charge in [-0.15, -0.1) is 0 Å². The molecular weight excluding hydrogens is 404 g/mol. The topological polar surface area (TPSA) is 18.5 Å². The van der Waals surface area contributed by atoms with E-state index < -0.39 is 0 Å². The van der Waals surface area contributed by atoms with E-state index in [4.69, 9.17) is 9.47 Å². The Balaban J connectivity index is 1.33. The molecule has 5 fully saturated rings. The van der Waals surface area contributed by atoms with Crippen molar-refractivity contribution in [2.75, 3.05) is 13.2 Å². The Bertz CT molecular complexity index is 718. The average molecular weight is 459 g/mol. The van der Waals surface area contributed by atoms with Gasteiger partial charge in [0.2, 0.25) is 0 Å². The second-order valence-electron chi connectivity index (χ2n) is 14.7. The fourth-order valence-electron chi connectivity index (χ4n) is 10.7. The Morgan fingerprint density at radius 3 is 2.18 bits per heavy atom. The van der Waals surface area contributed by atoms with Gasteiger partial charge in [-0.3, -0.25) is 0 Å². The number of hydrogen-bond acceptors (Lipinski definition) is 2. The van der Waals surface area contributed by atoms with E-state index >= 15 is 0 Å². The van der Waals surface area contributed by atoms with Crippen LogP contribution in [0, 0.1) is 52.3 Å². The summed E-state index contributed by atoms with van der Waals surface area (Å²) >= 11 is 0. The van der Waals surface area contributed by atoms with Crippen molar-refractivity contribution in [1.82, 2.24) is 0 Å². The number of rotatable bonds is 5. The smallest absolute Gasteiger partial charge is 0.0946 e. The van der Waals surface area contributed by atoms with Crippen LogP contribution in [0.4, 0.5) is 0 Å². The predicted octanol–water partition coefficient (Wildman–Crippen LogP) is 8.28. The summed E-state index contributed by atoms with van der Waals surface area (Å²) in [4.78, 5) is 0. The minimum atomic E-state index is -0.109. The Hall–Kier alpha value is -0.0800. The Morgan fingerprint density at radius 2 is 1.45 bits per heavy atom. The van der Waals surface area contributed by atoms with Crippen molar-refractivity contribution in [3.05, 3.63) is 0 Å². The minimum Gasteiger partial charge on any atom is -0.370 e. The lowest BCUT2D eigenvalue weighted by molar-refractivity contribution is -0.300. The molecule has 33 heavy (non-hydrogen) atoms. The molecule has 5 rings (SSSR count). The van der Waals surface area contributed by atoms with E-state index in [1.54, 1.807) is 0 Å². The van der Waals surface area contributed by atoms with Crippen LogP contribution in [0.2, 0.25) is 0 Å². The summed E-state index contributed by atoms with van der Waals surface area (Å²) < 4.78 is 13.0. The van der Waals surface area contributed by atoms with Gasteiger partial charge in [-0.25, -0.2) is 0 Å². The van der Waals surface area contributed by atoms with Crippen molar-refractivity contribution in [1.29, 1.82) is 0 Å². The predicted molar refractivity (Wildman–Crippen MR) is 137 cm³/mol. The molecule has 5 aliphatic rings. The molecule has 0 bridgehead atoms. The molecule has 2 nitrogen and oxygen atoms in total. The maximum absolute atomic E-state index is 6.55. The molecule has 0 spiro atoms. The Morgan fingerprint density at radius 1 is 0.758 bits per heavy atom. The molecule has 10 atom stereocenters. The van der Waals surface area contributed by atoms with E-state index in [1.807, 2.05) is 0 Å². The summed E-state index contributed by atoms with van der Waals surface area (Å²) in [5, 5.41) is 0. The summed E-state index contributed by atoms with van der Waals surface area (Å²) in [5.74, 6) is 6.36. The minimum absolute atomic E-state index is 0.0880. The zero-order chi connectivity index (χ0) is 23.6. The monoisotopic (exact) mass is 458 g/mol. The van der Waals surface area contributed by atoms with Crippen LogP contribution < -0.4 is 0 Å². The van der Waals surface area contributed by atoms with Crippen LogP contribution in [0.1, 0.15) is 119 Å². The first-order valence-electron chi connectivity index (χ1n) is 14.8. The van der Waals surface area contributed by atoms with Crippen LogP contribution in [0.25, 0.3) is 0 Å². The van der Waals surface area contributed by atoms with Crippen LogP contribution in [0.15, 0.2) is 0 Å². The largest absolute Gasteiger partial charge is 0.370 e. The summed E-state index contributed by atoms with van der Waals surface area (Å²) in [6.07, 6.45) is 15.6. The van der Waals surface area contributed by atoms with E-state index in [0.717, 1.165) is 54.6 Å². The lowest BCUT2D eigenvalue weighted by Gasteiger charge is -2.66. The van der Waals surface area contributed by atoms with Crippen LogP contribution >= 0.6 is 0 Å². The van der Waals surface area contributed by atoms with Crippen molar-refractivity contribution in [2.24, 2.45) is 52.3 Å². The molecule has 190 valence electrons. The maximum atomic E-state index is 6.55. The molecule has 4 aliphatic carbocycles. The SMILES string of the molecule is CC(C)CCC[C@@H](C)[C@H]1CC[C@H]2C3CC[C@H]4C[C@@]5(C)OCCO[C@]5(C)C[C@]4(C)C3CC[C@]12C. The van der Waals surface area contributed by atoms with Gasteiger partial charge in [0.15, 0.2) is 0 Å². The van der Waals surface area contributed by atoms with E-state index in [1.165, 1.54) is 70.6 Å². The molecule has 1 saturated heterocycles. The molecule has 4 saturated carbocycles. The first-order chi connectivity index (χ1) is 15.5. The zero-order valence-corrected chi connectivity index (χ0v) is 23.1. The third-order valence-electron chi connectivity index (χ3n) is 12.7. The molecule has 1 aliphatic heterocycles. The first kappa shape index (κ1) is 24.6. The summed E-state index contributed by atoms with van der Waals surface area (Å²) in [6, 6.07) is 0. The molecule has 2 heteroatoms. The van der Waals surface area contributed by atoms with Crippen molar-refractivity contribution >= 4 is 0 Å². The van der Waals surface area contributed by atoms with Gasteiger partial charge in [-0.2, -0.15) is 0 Å². The van der Waals surface area contributed by atoms with Gasteiger partial charge in [0.05, 0.1) is 24.4 Å². The van der Waals surface area contributed by atoms with Crippen molar-refractivity contribution < 1.29 is 9.47 Å². The molecule has 0 amide bonds. The quantitative estimate of drug-likeness (QED) is 0.412. The summed E-state index contributed by atoms with van der Waals surface area (Å²) in [7, 11) is 0. The third-order valence-corrected chi connectivity index (χ3v) is 12.7. The first-order valence-corrected chi connectivity index (χ1v) is 14.8. The van der Waals surface area contributed by atoms with E-state index in [9.17, 15) is 0 Å². The lowest BCUT2D eigenvalue weighted by atomic mass is 9.42.